The molecule has 1 aromatic carbocycles. The van der Waals surface area contributed by atoms with E-state index in [1.54, 1.807) is 0 Å². The molecule has 0 aliphatic carbocycles. The number of thioether (sulfide) groups is 1. The van der Waals surface area contributed by atoms with Crippen LogP contribution in [0.1, 0.15) is 22.8 Å². The Balaban J connectivity index is 2.78. The van der Waals surface area contributed by atoms with Crippen LogP contribution in [0.5, 0.6) is 0 Å². The Morgan fingerprint density at radius 3 is 2.81 bits per heavy atom. The van der Waals surface area contributed by atoms with Gasteiger partial charge in [-0.05, 0) is 43.4 Å². The van der Waals surface area contributed by atoms with Crippen LogP contribution in [0, 0.1) is 6.92 Å². The SMILES string of the molecule is CCNC(=O)c1ccc(SCC[O-])cc1C. The van der Waals surface area contributed by atoms with Gasteiger partial charge in [-0.15, -0.1) is 18.4 Å². The lowest BCUT2D eigenvalue weighted by Crippen LogP contribution is -2.23. The zero-order valence-corrected chi connectivity index (χ0v) is 10.4. The molecule has 0 heterocycles. The summed E-state index contributed by atoms with van der Waals surface area (Å²) >= 11 is 1.52. The largest absolute Gasteiger partial charge is 0.854 e. The van der Waals surface area contributed by atoms with Crippen molar-refractivity contribution in [2.45, 2.75) is 18.7 Å². The summed E-state index contributed by atoms with van der Waals surface area (Å²) in [6, 6.07) is 5.65. The molecule has 0 aliphatic heterocycles. The van der Waals surface area contributed by atoms with E-state index < -0.39 is 0 Å². The van der Waals surface area contributed by atoms with Crippen molar-refractivity contribution in [3.05, 3.63) is 29.3 Å². The molecular formula is C12H16NO2S-. The van der Waals surface area contributed by atoms with Crippen molar-refractivity contribution in [3.63, 3.8) is 0 Å². The fourth-order valence-electron chi connectivity index (χ4n) is 1.40. The van der Waals surface area contributed by atoms with E-state index in [9.17, 15) is 9.90 Å². The molecule has 0 atom stereocenters. The third-order valence-electron chi connectivity index (χ3n) is 2.13. The topological polar surface area (TPSA) is 52.2 Å². The maximum absolute atomic E-state index is 11.6. The fraction of sp³-hybridized carbons (Fsp3) is 0.417. The summed E-state index contributed by atoms with van der Waals surface area (Å²) in [7, 11) is 0. The maximum atomic E-state index is 11.6. The van der Waals surface area contributed by atoms with Crippen LogP contribution in [-0.4, -0.2) is 24.8 Å². The molecule has 0 aliphatic rings. The molecule has 0 spiro atoms. The molecule has 4 heteroatoms. The molecule has 0 fully saturated rings. The van der Waals surface area contributed by atoms with Crippen molar-refractivity contribution in [1.29, 1.82) is 0 Å². The minimum Gasteiger partial charge on any atom is -0.854 e. The quantitative estimate of drug-likeness (QED) is 0.784. The van der Waals surface area contributed by atoms with E-state index >= 15 is 0 Å². The fourth-order valence-corrected chi connectivity index (χ4v) is 2.14. The third-order valence-corrected chi connectivity index (χ3v) is 3.09. The molecule has 1 rings (SSSR count). The Kier molecular flexibility index (Phi) is 5.35. The molecule has 0 unspecified atom stereocenters. The number of carbonyl (C=O) groups excluding carboxylic acids is 1. The Morgan fingerprint density at radius 2 is 2.25 bits per heavy atom. The van der Waals surface area contributed by atoms with Gasteiger partial charge in [-0.1, -0.05) is 0 Å². The van der Waals surface area contributed by atoms with Gasteiger partial charge in [0.1, 0.15) is 0 Å². The van der Waals surface area contributed by atoms with E-state index in [0.29, 0.717) is 17.9 Å². The van der Waals surface area contributed by atoms with E-state index in [-0.39, 0.29) is 12.5 Å². The molecule has 0 bridgehead atoms. The van der Waals surface area contributed by atoms with Gasteiger partial charge in [0.05, 0.1) is 0 Å². The highest BCUT2D eigenvalue weighted by Gasteiger charge is 2.07. The van der Waals surface area contributed by atoms with Crippen LogP contribution < -0.4 is 10.4 Å². The summed E-state index contributed by atoms with van der Waals surface area (Å²) in [5, 5.41) is 13.1. The van der Waals surface area contributed by atoms with Crippen LogP contribution >= 0.6 is 11.8 Å². The Hall–Kier alpha value is -1.00. The van der Waals surface area contributed by atoms with E-state index in [2.05, 4.69) is 5.32 Å². The summed E-state index contributed by atoms with van der Waals surface area (Å²) in [6.07, 6.45) is 0. The lowest BCUT2D eigenvalue weighted by Gasteiger charge is -2.09. The maximum Gasteiger partial charge on any atom is 0.251 e. The van der Waals surface area contributed by atoms with Crippen molar-refractivity contribution < 1.29 is 9.90 Å². The molecule has 3 nitrogen and oxygen atoms in total. The number of hydrogen-bond donors (Lipinski definition) is 1. The second-order valence-corrected chi connectivity index (χ2v) is 4.56. The van der Waals surface area contributed by atoms with Gasteiger partial charge in [-0.3, -0.25) is 4.79 Å². The van der Waals surface area contributed by atoms with Crippen LogP contribution in [-0.2, 0) is 0 Å². The summed E-state index contributed by atoms with van der Waals surface area (Å²) in [4.78, 5) is 12.7. The van der Waals surface area contributed by atoms with Crippen LogP contribution in [0.4, 0.5) is 0 Å². The molecule has 0 radical (unpaired) electrons. The number of carbonyl (C=O) groups is 1. The number of hydrogen-bond acceptors (Lipinski definition) is 3. The first-order valence-electron chi connectivity index (χ1n) is 5.28. The van der Waals surface area contributed by atoms with Gasteiger partial charge in [0.2, 0.25) is 0 Å². The first kappa shape index (κ1) is 13.1. The van der Waals surface area contributed by atoms with Gasteiger partial charge in [0.15, 0.2) is 0 Å². The number of aryl methyl sites for hydroxylation is 1. The van der Waals surface area contributed by atoms with Gasteiger partial charge in [-0.25, -0.2) is 0 Å². The monoisotopic (exact) mass is 238 g/mol. The highest BCUT2D eigenvalue weighted by Crippen LogP contribution is 2.20. The van der Waals surface area contributed by atoms with Gasteiger partial charge in [0, 0.05) is 17.0 Å². The third kappa shape index (κ3) is 3.54. The standard InChI is InChI=1S/C12H16NO2S/c1-3-13-12(15)11-5-4-10(8-9(11)2)16-7-6-14/h4-5,8H,3,6-7H2,1-2H3,(H,13,15)/q-1. The predicted molar refractivity (Wildman–Crippen MR) is 64.8 cm³/mol. The van der Waals surface area contributed by atoms with E-state index in [1.807, 2.05) is 32.0 Å². The summed E-state index contributed by atoms with van der Waals surface area (Å²) in [5.74, 6) is 0.528. The summed E-state index contributed by atoms with van der Waals surface area (Å²) in [6.45, 7) is 4.35. The zero-order chi connectivity index (χ0) is 12.0. The Bertz CT molecular complexity index is 366. The van der Waals surface area contributed by atoms with Gasteiger partial charge >= 0.3 is 0 Å². The summed E-state index contributed by atoms with van der Waals surface area (Å²) in [5.41, 5.74) is 1.65. The molecule has 16 heavy (non-hydrogen) atoms. The molecule has 0 saturated heterocycles. The van der Waals surface area contributed by atoms with Crippen LogP contribution in [0.25, 0.3) is 0 Å². The number of rotatable bonds is 5. The van der Waals surface area contributed by atoms with Crippen LogP contribution in [0.15, 0.2) is 23.1 Å². The van der Waals surface area contributed by atoms with Crippen LogP contribution in [0.2, 0.25) is 0 Å². The second-order valence-electron chi connectivity index (χ2n) is 3.39. The average Bonchev–Trinajstić information content (AvgIpc) is 2.26. The Labute approximate surface area is 100 Å². The van der Waals surface area contributed by atoms with E-state index in [0.717, 1.165) is 10.5 Å². The van der Waals surface area contributed by atoms with Crippen molar-refractivity contribution in [2.24, 2.45) is 0 Å². The van der Waals surface area contributed by atoms with Crippen molar-refractivity contribution in [2.75, 3.05) is 18.9 Å². The van der Waals surface area contributed by atoms with Gasteiger partial charge < -0.3 is 10.4 Å². The minimum atomic E-state index is -0.0816. The van der Waals surface area contributed by atoms with Crippen molar-refractivity contribution >= 4 is 17.7 Å². The van der Waals surface area contributed by atoms with Crippen molar-refractivity contribution in [1.82, 2.24) is 5.32 Å². The molecule has 88 valence electrons. The molecule has 1 N–H and O–H groups in total. The normalized spacial score (nSPS) is 10.2. The number of benzene rings is 1. The first-order chi connectivity index (χ1) is 7.69. The van der Waals surface area contributed by atoms with E-state index in [4.69, 9.17) is 0 Å². The van der Waals surface area contributed by atoms with Crippen molar-refractivity contribution in [3.8, 4) is 0 Å². The van der Waals surface area contributed by atoms with Gasteiger partial charge in [-0.2, -0.15) is 0 Å². The average molecular weight is 238 g/mol. The molecule has 1 aromatic rings. The number of nitrogens with one attached hydrogen (secondary N) is 1. The smallest absolute Gasteiger partial charge is 0.251 e. The lowest BCUT2D eigenvalue weighted by molar-refractivity contribution is -0.360. The highest BCUT2D eigenvalue weighted by atomic mass is 32.2. The van der Waals surface area contributed by atoms with Gasteiger partial charge in [0.25, 0.3) is 5.91 Å². The summed E-state index contributed by atoms with van der Waals surface area (Å²) < 4.78 is 0. The second kappa shape index (κ2) is 6.55. The first-order valence-corrected chi connectivity index (χ1v) is 6.27. The highest BCUT2D eigenvalue weighted by molar-refractivity contribution is 7.99. The predicted octanol–water partition coefficient (Wildman–Crippen LogP) is 1.20. The minimum absolute atomic E-state index is 0.0413. The lowest BCUT2D eigenvalue weighted by atomic mass is 10.1. The Morgan fingerprint density at radius 1 is 1.50 bits per heavy atom. The van der Waals surface area contributed by atoms with Crippen LogP contribution in [0.3, 0.4) is 0 Å². The molecular weight excluding hydrogens is 222 g/mol. The molecule has 0 aromatic heterocycles. The molecule has 1 amide bonds. The number of amides is 1. The van der Waals surface area contributed by atoms with E-state index in [1.165, 1.54) is 11.8 Å². The molecule has 0 saturated carbocycles. The zero-order valence-electron chi connectivity index (χ0n) is 9.58.